The number of nitrogens with zero attached hydrogens (tertiary/aromatic N) is 4. The number of carbonyl (C=O) groups excluding carboxylic acids is 1. The predicted octanol–water partition coefficient (Wildman–Crippen LogP) is 1.93. The van der Waals surface area contributed by atoms with Gasteiger partial charge < -0.3 is 21.5 Å². The van der Waals surface area contributed by atoms with Gasteiger partial charge in [0, 0.05) is 12.2 Å². The summed E-state index contributed by atoms with van der Waals surface area (Å²) in [5.41, 5.74) is 6.03. The SMILES string of the molecule is CC(C)C(C(=O)O)n1cc(Nc2ncc(F)c(N[C@@H]3[C@H](C(N)=O)[C@H]4C=C[C@@H]3C4)n2)cn1. The van der Waals surface area contributed by atoms with Crippen molar-refractivity contribution in [1.82, 2.24) is 19.7 Å². The Morgan fingerprint density at radius 3 is 2.71 bits per heavy atom. The second-order valence-corrected chi connectivity index (χ2v) is 8.30. The highest BCUT2D eigenvalue weighted by atomic mass is 19.1. The molecule has 2 aromatic heterocycles. The second kappa shape index (κ2) is 7.97. The number of carboxylic acid groups (broad SMARTS) is 1. The molecule has 2 aliphatic rings. The Hall–Kier alpha value is -3.50. The van der Waals surface area contributed by atoms with Crippen molar-refractivity contribution in [3.8, 4) is 0 Å². The van der Waals surface area contributed by atoms with Gasteiger partial charge in [0.15, 0.2) is 17.7 Å². The first kappa shape index (κ1) is 20.8. The zero-order chi connectivity index (χ0) is 22.3. The zero-order valence-corrected chi connectivity index (χ0v) is 17.1. The minimum absolute atomic E-state index is 0.0346. The van der Waals surface area contributed by atoms with E-state index in [1.165, 1.54) is 17.1 Å². The van der Waals surface area contributed by atoms with Crippen LogP contribution < -0.4 is 16.4 Å². The molecular weight excluding hydrogens is 405 g/mol. The molecule has 1 unspecified atom stereocenters. The smallest absolute Gasteiger partial charge is 0.328 e. The average molecular weight is 429 g/mol. The molecule has 2 aliphatic carbocycles. The molecule has 2 bridgehead atoms. The number of halogens is 1. The van der Waals surface area contributed by atoms with E-state index in [9.17, 15) is 19.1 Å². The molecule has 10 nitrogen and oxygen atoms in total. The van der Waals surface area contributed by atoms with Gasteiger partial charge in [-0.3, -0.25) is 9.48 Å². The molecule has 31 heavy (non-hydrogen) atoms. The lowest BCUT2D eigenvalue weighted by Gasteiger charge is -2.27. The maximum Gasteiger partial charge on any atom is 0.328 e. The summed E-state index contributed by atoms with van der Waals surface area (Å²) in [7, 11) is 0. The first-order valence-electron chi connectivity index (χ1n) is 10.0. The van der Waals surface area contributed by atoms with Crippen molar-refractivity contribution >= 4 is 29.3 Å². The minimum Gasteiger partial charge on any atom is -0.480 e. The van der Waals surface area contributed by atoms with Crippen molar-refractivity contribution in [2.24, 2.45) is 29.4 Å². The number of anilines is 3. The number of fused-ring (bicyclic) bond motifs is 2. The van der Waals surface area contributed by atoms with Gasteiger partial charge in [0.25, 0.3) is 0 Å². The lowest BCUT2D eigenvalue weighted by atomic mass is 9.88. The van der Waals surface area contributed by atoms with Crippen molar-refractivity contribution in [2.45, 2.75) is 32.4 Å². The second-order valence-electron chi connectivity index (χ2n) is 8.30. The van der Waals surface area contributed by atoms with Crippen molar-refractivity contribution in [2.75, 3.05) is 10.6 Å². The maximum atomic E-state index is 14.4. The molecule has 0 aliphatic heterocycles. The van der Waals surface area contributed by atoms with Crippen LogP contribution in [0.5, 0.6) is 0 Å². The fourth-order valence-corrected chi connectivity index (χ4v) is 4.48. The van der Waals surface area contributed by atoms with Gasteiger partial charge in [-0.2, -0.15) is 10.1 Å². The van der Waals surface area contributed by atoms with Crippen LogP contribution in [0.25, 0.3) is 0 Å². The van der Waals surface area contributed by atoms with E-state index in [1.54, 1.807) is 13.8 Å². The van der Waals surface area contributed by atoms with E-state index >= 15 is 0 Å². The first-order chi connectivity index (χ1) is 14.7. The van der Waals surface area contributed by atoms with Crippen LogP contribution in [0.2, 0.25) is 0 Å². The van der Waals surface area contributed by atoms with E-state index in [-0.39, 0.29) is 35.6 Å². The van der Waals surface area contributed by atoms with E-state index in [2.05, 4.69) is 25.7 Å². The first-order valence-corrected chi connectivity index (χ1v) is 10.0. The number of nitrogens with two attached hydrogens (primary N) is 1. The van der Waals surface area contributed by atoms with Crippen molar-refractivity contribution in [3.05, 3.63) is 36.6 Å². The third kappa shape index (κ3) is 3.94. The average Bonchev–Trinajstić information content (AvgIpc) is 3.40. The highest BCUT2D eigenvalue weighted by molar-refractivity contribution is 5.79. The maximum absolute atomic E-state index is 14.4. The number of hydrogen-bond donors (Lipinski definition) is 4. The van der Waals surface area contributed by atoms with Crippen LogP contribution in [0.4, 0.5) is 21.8 Å². The van der Waals surface area contributed by atoms with E-state index < -0.39 is 29.7 Å². The van der Waals surface area contributed by atoms with E-state index in [1.807, 2.05) is 12.2 Å². The fourth-order valence-electron chi connectivity index (χ4n) is 4.48. The number of hydrogen-bond acceptors (Lipinski definition) is 7. The third-order valence-electron chi connectivity index (χ3n) is 5.86. The summed E-state index contributed by atoms with van der Waals surface area (Å²) >= 11 is 0. The number of carboxylic acids is 1. The predicted molar refractivity (Wildman–Crippen MR) is 110 cm³/mol. The van der Waals surface area contributed by atoms with Gasteiger partial charge in [-0.25, -0.2) is 14.2 Å². The molecule has 0 saturated heterocycles. The molecule has 0 radical (unpaired) electrons. The number of nitrogens with one attached hydrogen (secondary N) is 2. The van der Waals surface area contributed by atoms with Gasteiger partial charge in [-0.1, -0.05) is 26.0 Å². The Morgan fingerprint density at radius 1 is 1.29 bits per heavy atom. The van der Waals surface area contributed by atoms with E-state index in [0.717, 1.165) is 12.6 Å². The van der Waals surface area contributed by atoms with Crippen LogP contribution in [0.3, 0.4) is 0 Å². The van der Waals surface area contributed by atoms with Gasteiger partial charge >= 0.3 is 5.97 Å². The van der Waals surface area contributed by atoms with E-state index in [0.29, 0.717) is 5.69 Å². The highest BCUT2D eigenvalue weighted by Crippen LogP contribution is 2.44. The van der Waals surface area contributed by atoms with Crippen LogP contribution in [0.1, 0.15) is 26.3 Å². The summed E-state index contributed by atoms with van der Waals surface area (Å²) in [6, 6.07) is -1.16. The molecule has 1 fully saturated rings. The highest BCUT2D eigenvalue weighted by Gasteiger charge is 2.47. The normalized spacial score (nSPS) is 25.0. The molecule has 11 heteroatoms. The Morgan fingerprint density at radius 2 is 2.03 bits per heavy atom. The van der Waals surface area contributed by atoms with E-state index in [4.69, 9.17) is 5.73 Å². The summed E-state index contributed by atoms with van der Waals surface area (Å²) in [5.74, 6) is -2.46. The van der Waals surface area contributed by atoms with Gasteiger partial charge in [-0.05, 0) is 24.2 Å². The Labute approximate surface area is 177 Å². The molecule has 0 aromatic carbocycles. The van der Waals surface area contributed by atoms with Gasteiger partial charge in [0.05, 0.1) is 24.0 Å². The van der Waals surface area contributed by atoms with Crippen molar-refractivity contribution in [3.63, 3.8) is 0 Å². The lowest BCUT2D eigenvalue weighted by molar-refractivity contribution is -0.142. The van der Waals surface area contributed by atoms with Crippen molar-refractivity contribution < 1.29 is 19.1 Å². The largest absolute Gasteiger partial charge is 0.480 e. The van der Waals surface area contributed by atoms with Gasteiger partial charge in [0.1, 0.15) is 0 Å². The summed E-state index contributed by atoms with van der Waals surface area (Å²) in [6.45, 7) is 3.58. The molecule has 5 N–H and O–H groups in total. The standard InChI is InChI=1S/C20H24FN7O3/c1-9(2)16(19(30)31)28-8-12(6-24-28)25-20-23-7-13(21)18(27-20)26-15-11-4-3-10(5-11)14(15)17(22)29/h3-4,6-11,14-16H,5H2,1-2H3,(H2,22,29)(H,30,31)(H2,23,25,26,27)/t10-,11+,14+,15-,16?/m0/s1. The molecular formula is C20H24FN7O3. The molecule has 0 spiro atoms. The fraction of sp³-hybridized carbons (Fsp3) is 0.450. The van der Waals surface area contributed by atoms with Gasteiger partial charge in [-0.15, -0.1) is 0 Å². The van der Waals surface area contributed by atoms with Crippen LogP contribution in [-0.4, -0.2) is 42.8 Å². The number of aliphatic carboxylic acids is 1. The number of allylic oxidation sites excluding steroid dienone is 1. The Bertz CT molecular complexity index is 1040. The number of rotatable bonds is 8. The quantitative estimate of drug-likeness (QED) is 0.465. The van der Waals surface area contributed by atoms with Crippen LogP contribution in [-0.2, 0) is 9.59 Å². The van der Waals surface area contributed by atoms with Crippen LogP contribution in [0, 0.1) is 29.5 Å². The molecule has 2 heterocycles. The van der Waals surface area contributed by atoms with Crippen molar-refractivity contribution in [1.29, 1.82) is 0 Å². The lowest BCUT2D eigenvalue weighted by Crippen LogP contribution is -2.41. The summed E-state index contributed by atoms with van der Waals surface area (Å²) in [4.78, 5) is 31.5. The molecule has 2 aromatic rings. The summed E-state index contributed by atoms with van der Waals surface area (Å²) in [6.07, 6.45) is 8.80. The zero-order valence-electron chi connectivity index (χ0n) is 17.1. The number of aromatic nitrogens is 4. The van der Waals surface area contributed by atoms with Gasteiger partial charge in [0.2, 0.25) is 11.9 Å². The van der Waals surface area contributed by atoms with Crippen LogP contribution >= 0.6 is 0 Å². The molecule has 4 rings (SSSR count). The van der Waals surface area contributed by atoms with Crippen LogP contribution in [0.15, 0.2) is 30.7 Å². The number of carbonyl (C=O) groups is 2. The molecule has 5 atom stereocenters. The number of amides is 1. The molecule has 164 valence electrons. The Balaban J connectivity index is 1.52. The minimum atomic E-state index is -0.988. The monoisotopic (exact) mass is 429 g/mol. The topological polar surface area (TPSA) is 148 Å². The molecule has 1 amide bonds. The Kier molecular flexibility index (Phi) is 5.34. The summed E-state index contributed by atoms with van der Waals surface area (Å²) in [5, 5.41) is 19.5. The summed E-state index contributed by atoms with van der Waals surface area (Å²) < 4.78 is 15.7. The third-order valence-corrected chi connectivity index (χ3v) is 5.86. The number of primary amides is 1. The molecule has 1 saturated carbocycles.